The van der Waals surface area contributed by atoms with Crippen LogP contribution in [-0.2, 0) is 20.2 Å². The van der Waals surface area contributed by atoms with Gasteiger partial charge in [0.1, 0.15) is 17.1 Å². The van der Waals surface area contributed by atoms with Crippen LogP contribution in [0.25, 0.3) is 28.4 Å². The van der Waals surface area contributed by atoms with Gasteiger partial charge in [-0.25, -0.2) is 24.1 Å². The highest BCUT2D eigenvalue weighted by Gasteiger charge is 2.24. The van der Waals surface area contributed by atoms with Crippen molar-refractivity contribution in [2.75, 3.05) is 43.4 Å². The van der Waals surface area contributed by atoms with Gasteiger partial charge in [0.15, 0.2) is 23.7 Å². The average Bonchev–Trinajstić information content (AvgIpc) is 3.80. The van der Waals surface area contributed by atoms with Crippen molar-refractivity contribution >= 4 is 28.4 Å². The molecule has 6 aromatic rings. The Balaban J connectivity index is 1.02. The molecule has 1 aliphatic rings. The molecule has 0 saturated carbocycles. The van der Waals surface area contributed by atoms with E-state index in [0.717, 1.165) is 0 Å². The molecule has 1 fully saturated rings. The van der Waals surface area contributed by atoms with E-state index in [1.807, 2.05) is 4.90 Å². The Morgan fingerprint density at radius 1 is 1.09 bits per heavy atom. The second-order valence-electron chi connectivity index (χ2n) is 10.0. The first-order chi connectivity index (χ1) is 20.9. The van der Waals surface area contributed by atoms with Crippen molar-refractivity contribution < 1.29 is 18.0 Å². The number of fused-ring (bicyclic) bond motifs is 3. The van der Waals surface area contributed by atoms with Crippen LogP contribution in [0.15, 0.2) is 55.0 Å². The number of ether oxygens (including phenoxy) is 1. The molecule has 17 heteroatoms. The predicted octanol–water partition coefficient (Wildman–Crippen LogP) is 0.837. The molecule has 222 valence electrons. The van der Waals surface area contributed by atoms with Crippen LogP contribution in [0.5, 0.6) is 5.75 Å². The summed E-state index contributed by atoms with van der Waals surface area (Å²) >= 11 is 0. The zero-order chi connectivity index (χ0) is 29.7. The van der Waals surface area contributed by atoms with Gasteiger partial charge in [-0.05, 0) is 24.3 Å². The summed E-state index contributed by atoms with van der Waals surface area (Å²) in [6.45, 7) is 3.41. The van der Waals surface area contributed by atoms with Gasteiger partial charge in [0.2, 0.25) is 11.8 Å². The van der Waals surface area contributed by atoms with Gasteiger partial charge in [0.05, 0.1) is 12.0 Å². The summed E-state index contributed by atoms with van der Waals surface area (Å²) in [6, 6.07) is 8.09. The maximum absolute atomic E-state index is 14.9. The highest BCUT2D eigenvalue weighted by atomic mass is 19.1. The normalized spacial score (nSPS) is 14.3. The maximum Gasteiger partial charge on any atom is 0.434 e. The highest BCUT2D eigenvalue weighted by Crippen LogP contribution is 2.26. The summed E-state index contributed by atoms with van der Waals surface area (Å²) in [6.07, 6.45) is 1.53. The summed E-state index contributed by atoms with van der Waals surface area (Å²) in [7, 11) is 1.67. The van der Waals surface area contributed by atoms with Gasteiger partial charge in [-0.2, -0.15) is 9.50 Å². The number of aryl methyl sites for hydroxylation is 1. The molecule has 7 rings (SSSR count). The molecular formula is C26H26FN11O5. The van der Waals surface area contributed by atoms with Gasteiger partial charge in [0, 0.05) is 52.4 Å². The minimum absolute atomic E-state index is 0.0710. The Hall–Kier alpha value is -5.45. The van der Waals surface area contributed by atoms with Crippen molar-refractivity contribution in [1.29, 1.82) is 0 Å². The van der Waals surface area contributed by atoms with Crippen molar-refractivity contribution in [3.05, 3.63) is 69.3 Å². The first-order valence-electron chi connectivity index (χ1n) is 13.4. The lowest BCUT2D eigenvalue weighted by Gasteiger charge is -2.36. The zero-order valence-electron chi connectivity index (χ0n) is 22.9. The van der Waals surface area contributed by atoms with E-state index >= 15 is 0 Å². The molecule has 3 N–H and O–H groups in total. The molecule has 0 radical (unpaired) electrons. The van der Waals surface area contributed by atoms with Crippen molar-refractivity contribution in [1.82, 2.24) is 43.8 Å². The van der Waals surface area contributed by atoms with Crippen LogP contribution in [0.1, 0.15) is 5.89 Å². The van der Waals surface area contributed by atoms with Crippen molar-refractivity contribution in [2.24, 2.45) is 7.05 Å². The fraction of sp³-hybridized carbons (Fsp3) is 0.308. The number of imidazole rings is 1. The topological polar surface area (TPSA) is 184 Å². The smallest absolute Gasteiger partial charge is 0.434 e. The lowest BCUT2D eigenvalue weighted by molar-refractivity contribution is 0.247. The van der Waals surface area contributed by atoms with Crippen molar-refractivity contribution in [3.63, 3.8) is 0 Å². The number of anilines is 2. The standard InChI is InChI=1S/C26H26FN11O5/c1-34-20-22(30-24(28)38-23(20)29-21(33-38)18-3-2-12-41-18)37(26(34)40)11-8-35-6-9-36(10-7-35)17-5-4-15(13-16(17)27)42-14-19-31-32-25(39)43-19/h2-5,12-13H,6-11,14H2,1H3,(H2,28,30)(H,32,39). The SMILES string of the molecule is Cn1c(=O)n(CCN2CCN(c3ccc(OCc4n[nH]c(=O)o4)cc3F)CC2)c2nc(N)n3nc(-c4ccco4)nc3c21. The molecule has 1 aromatic carbocycles. The Bertz CT molecular complexity index is 2050. The summed E-state index contributed by atoms with van der Waals surface area (Å²) in [5, 5.41) is 10.2. The van der Waals surface area contributed by atoms with Crippen LogP contribution in [0, 0.1) is 5.82 Å². The molecule has 0 spiro atoms. The molecule has 0 atom stereocenters. The number of nitrogens with zero attached hydrogens (tertiary/aromatic N) is 9. The number of rotatable bonds is 8. The number of hydrogen-bond acceptors (Lipinski definition) is 12. The van der Waals surface area contributed by atoms with E-state index in [1.165, 1.54) is 21.4 Å². The van der Waals surface area contributed by atoms with E-state index in [-0.39, 0.29) is 24.1 Å². The molecule has 0 amide bonds. The third-order valence-electron chi connectivity index (χ3n) is 7.44. The maximum atomic E-state index is 14.9. The quantitative estimate of drug-likeness (QED) is 0.255. The summed E-state index contributed by atoms with van der Waals surface area (Å²) in [5.41, 5.74) is 7.79. The molecule has 0 bridgehead atoms. The van der Waals surface area contributed by atoms with Gasteiger partial charge in [-0.3, -0.25) is 14.0 Å². The number of nitrogen functional groups attached to an aromatic ring is 1. The molecule has 0 aliphatic carbocycles. The highest BCUT2D eigenvalue weighted by molar-refractivity contribution is 5.88. The number of hydrogen-bond donors (Lipinski definition) is 2. The molecule has 5 aromatic heterocycles. The van der Waals surface area contributed by atoms with Crippen LogP contribution in [-0.4, -0.2) is 76.5 Å². The monoisotopic (exact) mass is 591 g/mol. The Labute approximate surface area is 240 Å². The number of aromatic amines is 1. The van der Waals surface area contributed by atoms with E-state index in [0.29, 0.717) is 79.1 Å². The molecular weight excluding hydrogens is 565 g/mol. The summed E-state index contributed by atoms with van der Waals surface area (Å²) in [5.74, 6) is 0.181. The third kappa shape index (κ3) is 4.78. The molecule has 0 unspecified atom stereocenters. The van der Waals surface area contributed by atoms with Crippen LogP contribution < -0.4 is 26.8 Å². The number of nitrogens with two attached hydrogens (primary N) is 1. The molecule has 1 saturated heterocycles. The molecule has 1 aliphatic heterocycles. The number of piperazine rings is 1. The van der Waals surface area contributed by atoms with Gasteiger partial charge in [-0.15, -0.1) is 10.2 Å². The number of benzene rings is 1. The van der Waals surface area contributed by atoms with Crippen LogP contribution >= 0.6 is 0 Å². The van der Waals surface area contributed by atoms with Gasteiger partial charge in [-0.1, -0.05) is 0 Å². The second kappa shape index (κ2) is 10.4. The first-order valence-corrected chi connectivity index (χ1v) is 13.4. The fourth-order valence-electron chi connectivity index (χ4n) is 5.26. The fourth-order valence-corrected chi connectivity index (χ4v) is 5.26. The summed E-state index contributed by atoms with van der Waals surface area (Å²) in [4.78, 5) is 37.5. The number of halogens is 1. The summed E-state index contributed by atoms with van der Waals surface area (Å²) < 4.78 is 35.1. The number of nitrogens with one attached hydrogen (secondary N) is 1. The largest absolute Gasteiger partial charge is 0.484 e. The van der Waals surface area contributed by atoms with Gasteiger partial charge in [0.25, 0.3) is 5.89 Å². The lowest BCUT2D eigenvalue weighted by atomic mass is 10.2. The minimum Gasteiger partial charge on any atom is -0.484 e. The van der Waals surface area contributed by atoms with Crippen molar-refractivity contribution in [2.45, 2.75) is 13.2 Å². The Morgan fingerprint density at radius 3 is 2.65 bits per heavy atom. The molecule has 16 nitrogen and oxygen atoms in total. The van der Waals surface area contributed by atoms with E-state index < -0.39 is 11.6 Å². The Kier molecular flexibility index (Phi) is 6.42. The van der Waals surface area contributed by atoms with E-state index in [2.05, 4.69) is 30.2 Å². The number of furan rings is 1. The van der Waals surface area contributed by atoms with Crippen LogP contribution in [0.3, 0.4) is 0 Å². The number of H-pyrrole nitrogens is 1. The third-order valence-corrected chi connectivity index (χ3v) is 7.44. The molecule has 6 heterocycles. The van der Waals surface area contributed by atoms with Gasteiger partial charge < -0.3 is 24.2 Å². The Morgan fingerprint density at radius 2 is 1.93 bits per heavy atom. The van der Waals surface area contributed by atoms with Crippen LogP contribution in [0.2, 0.25) is 0 Å². The van der Waals surface area contributed by atoms with Gasteiger partial charge >= 0.3 is 11.4 Å². The van der Waals surface area contributed by atoms with E-state index in [9.17, 15) is 14.0 Å². The predicted molar refractivity (Wildman–Crippen MR) is 150 cm³/mol. The first kappa shape index (κ1) is 26.4. The second-order valence-corrected chi connectivity index (χ2v) is 10.0. The molecule has 43 heavy (non-hydrogen) atoms. The van der Waals surface area contributed by atoms with Crippen molar-refractivity contribution in [3.8, 4) is 17.3 Å². The van der Waals surface area contributed by atoms with E-state index in [1.54, 1.807) is 35.9 Å². The lowest BCUT2D eigenvalue weighted by Crippen LogP contribution is -2.47. The minimum atomic E-state index is -0.682. The van der Waals surface area contributed by atoms with E-state index in [4.69, 9.17) is 19.3 Å². The zero-order valence-corrected chi connectivity index (χ0v) is 22.9. The number of aromatic nitrogens is 8. The average molecular weight is 592 g/mol. The van der Waals surface area contributed by atoms with Crippen LogP contribution in [0.4, 0.5) is 16.0 Å².